The topological polar surface area (TPSA) is 58.2 Å². The Hall–Kier alpha value is -3.10. The average molecular weight is 576 g/mol. The molecule has 192 valence electrons. The summed E-state index contributed by atoms with van der Waals surface area (Å²) in [5, 5.41) is 4.51. The molecular weight excluding hydrogens is 562 g/mol. The van der Waals surface area contributed by atoms with Gasteiger partial charge < -0.3 is 10.6 Å². The largest absolute Gasteiger partial charge is 0.416 e. The van der Waals surface area contributed by atoms with E-state index in [0.29, 0.717) is 0 Å². The summed E-state index contributed by atoms with van der Waals surface area (Å²) in [4.78, 5) is 25.6. The van der Waals surface area contributed by atoms with Gasteiger partial charge in [-0.05, 0) is 60.2 Å². The zero-order valence-electron chi connectivity index (χ0n) is 18.3. The van der Waals surface area contributed by atoms with E-state index in [0.717, 1.165) is 42.5 Å². The number of para-hydroxylation sites is 1. The first kappa shape index (κ1) is 26.9. The number of rotatable bonds is 5. The molecule has 2 amide bonds. The molecule has 0 heterocycles. The molecule has 2 atom stereocenters. The molecule has 0 saturated heterocycles. The highest BCUT2D eigenvalue weighted by Crippen LogP contribution is 2.63. The van der Waals surface area contributed by atoms with E-state index in [1.165, 1.54) is 18.2 Å². The SMILES string of the molecule is O=C(Nc1c(F)cccc1F)c1cc(NC(=O)C2C(C3=CC(C(F)(F)F)=CC=C=C3)C2(Cl)Cl)ccc1Cl. The van der Waals surface area contributed by atoms with Crippen LogP contribution in [0.5, 0.6) is 0 Å². The summed E-state index contributed by atoms with van der Waals surface area (Å²) in [5.74, 6) is -5.80. The zero-order valence-corrected chi connectivity index (χ0v) is 20.5. The number of carbonyl (C=O) groups is 2. The van der Waals surface area contributed by atoms with E-state index >= 15 is 0 Å². The Morgan fingerprint density at radius 1 is 1.03 bits per heavy atom. The lowest BCUT2D eigenvalue weighted by atomic mass is 10.1. The van der Waals surface area contributed by atoms with E-state index in [1.54, 1.807) is 0 Å². The first-order valence-corrected chi connectivity index (χ1v) is 11.6. The lowest BCUT2D eigenvalue weighted by Crippen LogP contribution is -2.19. The Balaban J connectivity index is 1.53. The first-order chi connectivity index (χ1) is 17.3. The van der Waals surface area contributed by atoms with Gasteiger partial charge in [0, 0.05) is 11.6 Å². The fourth-order valence-corrected chi connectivity index (χ4v) is 4.80. The van der Waals surface area contributed by atoms with Crippen LogP contribution in [0.25, 0.3) is 0 Å². The Bertz CT molecular complexity index is 1410. The molecule has 0 aromatic heterocycles. The highest BCUT2D eigenvalue weighted by atomic mass is 35.5. The molecule has 0 spiro atoms. The van der Waals surface area contributed by atoms with Crippen LogP contribution in [0.15, 0.2) is 77.6 Å². The molecule has 1 saturated carbocycles. The molecule has 2 aromatic rings. The minimum Gasteiger partial charge on any atom is -0.326 e. The summed E-state index contributed by atoms with van der Waals surface area (Å²) in [6, 6.07) is 6.81. The maximum absolute atomic E-state index is 13.9. The van der Waals surface area contributed by atoms with Crippen molar-refractivity contribution in [2.45, 2.75) is 10.5 Å². The number of allylic oxidation sites excluding steroid dienone is 5. The van der Waals surface area contributed by atoms with Crippen molar-refractivity contribution < 1.29 is 31.5 Å². The molecule has 1 fully saturated rings. The number of hydrogen-bond donors (Lipinski definition) is 2. The van der Waals surface area contributed by atoms with Crippen molar-refractivity contribution >= 4 is 58.0 Å². The van der Waals surface area contributed by atoms with Gasteiger partial charge in [-0.15, -0.1) is 28.9 Å². The van der Waals surface area contributed by atoms with Crippen LogP contribution in [0, 0.1) is 23.5 Å². The van der Waals surface area contributed by atoms with Crippen LogP contribution in [-0.2, 0) is 4.79 Å². The minimum absolute atomic E-state index is 0.0597. The number of carbonyl (C=O) groups excluding carboxylic acids is 2. The van der Waals surface area contributed by atoms with Gasteiger partial charge in [0.15, 0.2) is 0 Å². The number of hydrogen-bond acceptors (Lipinski definition) is 2. The maximum Gasteiger partial charge on any atom is 0.416 e. The summed E-state index contributed by atoms with van der Waals surface area (Å²) in [6.07, 6.45) is -0.610. The van der Waals surface area contributed by atoms with Crippen LogP contribution in [0.1, 0.15) is 10.4 Å². The van der Waals surface area contributed by atoms with Gasteiger partial charge in [0.25, 0.3) is 5.91 Å². The fraction of sp³-hybridized carbons (Fsp3) is 0.160. The predicted molar refractivity (Wildman–Crippen MR) is 131 cm³/mol. The second-order valence-electron chi connectivity index (χ2n) is 8.11. The summed E-state index contributed by atoms with van der Waals surface area (Å²) in [7, 11) is 0. The van der Waals surface area contributed by atoms with Crippen LogP contribution < -0.4 is 10.6 Å². The third kappa shape index (κ3) is 5.60. The Morgan fingerprint density at radius 3 is 2.35 bits per heavy atom. The van der Waals surface area contributed by atoms with E-state index in [9.17, 15) is 31.5 Å². The molecule has 2 aromatic carbocycles. The monoisotopic (exact) mass is 574 g/mol. The van der Waals surface area contributed by atoms with E-state index in [-0.39, 0.29) is 21.8 Å². The van der Waals surface area contributed by atoms with Gasteiger partial charge in [-0.25, -0.2) is 8.78 Å². The second-order valence-corrected chi connectivity index (χ2v) is 9.96. The summed E-state index contributed by atoms with van der Waals surface area (Å²) in [5.41, 5.74) is 0.834. The van der Waals surface area contributed by atoms with E-state index < -0.39 is 57.1 Å². The smallest absolute Gasteiger partial charge is 0.326 e. The molecule has 37 heavy (non-hydrogen) atoms. The number of nitrogens with one attached hydrogen (secondary N) is 2. The number of halogens is 8. The van der Waals surface area contributed by atoms with E-state index in [1.807, 2.05) is 0 Å². The van der Waals surface area contributed by atoms with Crippen molar-refractivity contribution in [2.24, 2.45) is 11.8 Å². The highest BCUT2D eigenvalue weighted by Gasteiger charge is 2.68. The van der Waals surface area contributed by atoms with Crippen LogP contribution in [0.2, 0.25) is 5.02 Å². The Morgan fingerprint density at radius 2 is 1.70 bits per heavy atom. The molecule has 4 rings (SSSR count). The van der Waals surface area contributed by atoms with Crippen molar-refractivity contribution in [3.63, 3.8) is 0 Å². The molecule has 2 aliphatic rings. The van der Waals surface area contributed by atoms with Crippen molar-refractivity contribution in [1.82, 2.24) is 0 Å². The lowest BCUT2D eigenvalue weighted by Gasteiger charge is -2.11. The molecule has 0 aliphatic heterocycles. The standard InChI is InChI=1S/C25H14Cl3F5N2O2/c26-16-9-8-14(11-15(16)22(36)35-21-17(29)6-3-7-18(21)30)34-23(37)20-19(24(20,27)28)12-4-1-2-5-13(10-12)25(31,32)33/h2-11,19-20H,(H,34,37)(H,35,36). The molecule has 12 heteroatoms. The third-order valence-corrected chi connectivity index (χ3v) is 6.90. The van der Waals surface area contributed by atoms with Gasteiger partial charge in [0.05, 0.1) is 22.1 Å². The average Bonchev–Trinajstić information content (AvgIpc) is 3.47. The highest BCUT2D eigenvalue weighted by molar-refractivity contribution is 6.53. The van der Waals surface area contributed by atoms with Crippen molar-refractivity contribution in [3.05, 3.63) is 99.8 Å². The normalized spacial score (nSPS) is 20.0. The maximum atomic E-state index is 13.9. The molecule has 2 aliphatic carbocycles. The number of anilines is 2. The molecule has 0 radical (unpaired) electrons. The van der Waals surface area contributed by atoms with Crippen molar-refractivity contribution in [2.75, 3.05) is 10.6 Å². The van der Waals surface area contributed by atoms with Crippen LogP contribution >= 0.6 is 34.8 Å². The lowest BCUT2D eigenvalue weighted by molar-refractivity contribution is -0.117. The van der Waals surface area contributed by atoms with E-state index in [2.05, 4.69) is 16.4 Å². The fourth-order valence-electron chi connectivity index (χ4n) is 3.77. The van der Waals surface area contributed by atoms with Gasteiger partial charge in [0.2, 0.25) is 5.91 Å². The molecule has 2 unspecified atom stereocenters. The predicted octanol–water partition coefficient (Wildman–Crippen LogP) is 7.37. The van der Waals surface area contributed by atoms with Crippen LogP contribution in [-0.4, -0.2) is 22.3 Å². The molecular formula is C25H14Cl3F5N2O2. The summed E-state index contributed by atoms with van der Waals surface area (Å²) >= 11 is 18.6. The molecule has 2 N–H and O–H groups in total. The van der Waals surface area contributed by atoms with Crippen molar-refractivity contribution in [1.29, 1.82) is 0 Å². The first-order valence-electron chi connectivity index (χ1n) is 10.5. The Kier molecular flexibility index (Phi) is 7.27. The number of amides is 2. The number of alkyl halides is 5. The van der Waals surface area contributed by atoms with Gasteiger partial charge in [-0.3, -0.25) is 9.59 Å². The van der Waals surface area contributed by atoms with Gasteiger partial charge in [-0.1, -0.05) is 17.7 Å². The zero-order chi connectivity index (χ0) is 27.1. The van der Waals surface area contributed by atoms with E-state index in [4.69, 9.17) is 34.8 Å². The molecule has 4 nitrogen and oxygen atoms in total. The van der Waals surface area contributed by atoms with Gasteiger partial charge in [0.1, 0.15) is 21.7 Å². The molecule has 0 bridgehead atoms. The quantitative estimate of drug-likeness (QED) is 0.222. The summed E-state index contributed by atoms with van der Waals surface area (Å²) in [6.45, 7) is 0. The van der Waals surface area contributed by atoms with Crippen LogP contribution in [0.3, 0.4) is 0 Å². The second kappa shape index (κ2) is 9.99. The van der Waals surface area contributed by atoms with Gasteiger partial charge >= 0.3 is 6.18 Å². The number of benzene rings is 2. The minimum atomic E-state index is -4.64. The van der Waals surface area contributed by atoms with Gasteiger partial charge in [-0.2, -0.15) is 13.2 Å². The Labute approximate surface area is 222 Å². The van der Waals surface area contributed by atoms with Crippen LogP contribution in [0.4, 0.5) is 33.3 Å². The third-order valence-electron chi connectivity index (χ3n) is 5.63. The summed E-state index contributed by atoms with van der Waals surface area (Å²) < 4.78 is 65.8. The van der Waals surface area contributed by atoms with Crippen molar-refractivity contribution in [3.8, 4) is 0 Å².